The van der Waals surface area contributed by atoms with Gasteiger partial charge < -0.3 is 0 Å². The van der Waals surface area contributed by atoms with E-state index in [0.717, 1.165) is 0 Å². The molecular weight excluding hydrogens is 390 g/mol. The molecule has 0 unspecified atom stereocenters. The Bertz CT molecular complexity index is 6.00. The second-order valence-electron chi connectivity index (χ2n) is 0. The summed E-state index contributed by atoms with van der Waals surface area (Å²) in [5, 5.41) is 0. The first-order valence-electron chi connectivity index (χ1n) is 0. The van der Waals surface area contributed by atoms with Gasteiger partial charge in [-0.05, 0) is 0 Å². The molecule has 0 saturated carbocycles. The third-order valence-corrected chi connectivity index (χ3v) is 0. The van der Waals surface area contributed by atoms with Crippen LogP contribution in [0.3, 0.4) is 0 Å². The van der Waals surface area contributed by atoms with Crippen LogP contribution in [0.4, 0.5) is 0 Å². The summed E-state index contributed by atoms with van der Waals surface area (Å²) in [6, 6.07) is 0. The fraction of sp³-hybridized carbons (Fsp3) is 0. The topological polar surface area (TPSA) is 0 Å². The van der Waals surface area contributed by atoms with Crippen molar-refractivity contribution < 1.29 is 0 Å². The molecule has 0 aromatic heterocycles. The van der Waals surface area contributed by atoms with E-state index < -0.39 is 0 Å². The molecule has 0 spiro atoms. The molecule has 0 amide bonds. The molecule has 0 aliphatic carbocycles. The summed E-state index contributed by atoms with van der Waals surface area (Å²) < 4.78 is 0. The first-order valence-corrected chi connectivity index (χ1v) is 0. The van der Waals surface area contributed by atoms with E-state index >= 15 is 0 Å². The van der Waals surface area contributed by atoms with Gasteiger partial charge in [0.25, 0.3) is 0 Å². The molecule has 28 valence electrons. The van der Waals surface area contributed by atoms with E-state index in [9.17, 15) is 0 Å². The zero-order valence-corrected chi connectivity index (χ0v) is 13.9. The van der Waals surface area contributed by atoms with Gasteiger partial charge in [-0.2, -0.15) is 27.0 Å². The first kappa shape index (κ1) is 32.2. The van der Waals surface area contributed by atoms with Gasteiger partial charge in [-0.3, -0.25) is 0 Å². The van der Waals surface area contributed by atoms with Crippen molar-refractivity contribution in [3.8, 4) is 0 Å². The van der Waals surface area contributed by atoms with Crippen LogP contribution in [0.15, 0.2) is 0 Å². The molecule has 0 aromatic carbocycles. The fourth-order valence-electron chi connectivity index (χ4n) is 0. The van der Waals surface area contributed by atoms with E-state index in [2.05, 4.69) is 0 Å². The third kappa shape index (κ3) is 8.83. The predicted molar refractivity (Wildman–Crippen MR) is 37.9 cm³/mol. The van der Waals surface area contributed by atoms with Crippen molar-refractivity contribution in [3.05, 3.63) is 0 Å². The number of rotatable bonds is 0. The van der Waals surface area contributed by atoms with Crippen LogP contribution in [-0.2, 0) is 0 Å². The molecule has 0 N–H and O–H groups in total. The van der Waals surface area contributed by atoms with Crippen molar-refractivity contribution in [2.24, 2.45) is 0 Å². The van der Waals surface area contributed by atoms with Crippen LogP contribution in [-0.4, -0.2) is 51.2 Å². The van der Waals surface area contributed by atoms with Crippen LogP contribution in [0.5, 0.6) is 0 Å². The number of hydrogen-bond donors (Lipinski definition) is 0. The van der Waals surface area contributed by atoms with E-state index in [4.69, 9.17) is 0 Å². The predicted octanol–water partition coefficient (Wildman–Crippen LogP) is -1.61. The Morgan fingerprint density at radius 1 is 0.750 bits per heavy atom. The SMILES string of the molecule is S.S.[PbH2].[SnH2]. The van der Waals surface area contributed by atoms with E-state index in [1.807, 2.05) is 0 Å². The van der Waals surface area contributed by atoms with Crippen LogP contribution in [0.25, 0.3) is 0 Å². The fourth-order valence-corrected chi connectivity index (χ4v) is 0. The molecule has 0 fully saturated rings. The van der Waals surface area contributed by atoms with Crippen molar-refractivity contribution in [3.63, 3.8) is 0 Å². The van der Waals surface area contributed by atoms with Crippen LogP contribution >= 0.6 is 27.0 Å². The van der Waals surface area contributed by atoms with Crippen molar-refractivity contribution in [2.75, 3.05) is 0 Å². The van der Waals surface area contributed by atoms with Gasteiger partial charge >= 0.3 is 51.2 Å². The maximum atomic E-state index is 0. The normalized spacial score (nSPS) is 0. The Hall–Kier alpha value is 2.42. The van der Waals surface area contributed by atoms with E-state index in [1.165, 1.54) is 0 Å². The summed E-state index contributed by atoms with van der Waals surface area (Å²) in [5.74, 6) is 0. The minimum atomic E-state index is 0. The second-order valence-corrected chi connectivity index (χ2v) is 0. The molecule has 0 rings (SSSR count). The summed E-state index contributed by atoms with van der Waals surface area (Å²) in [7, 11) is 0. The molecule has 0 bridgehead atoms. The zero-order chi connectivity index (χ0) is 0. The Kier molecular flexibility index (Phi) is 146. The summed E-state index contributed by atoms with van der Waals surface area (Å²) in [5.41, 5.74) is 0. The van der Waals surface area contributed by atoms with Crippen LogP contribution < -0.4 is 0 Å². The van der Waals surface area contributed by atoms with Gasteiger partial charge in [0.2, 0.25) is 0 Å². The van der Waals surface area contributed by atoms with Gasteiger partial charge in [0.05, 0.1) is 0 Å². The van der Waals surface area contributed by atoms with Crippen molar-refractivity contribution in [2.45, 2.75) is 0 Å². The summed E-state index contributed by atoms with van der Waals surface area (Å²) in [4.78, 5) is 0. The average Bonchev–Trinajstić information content (AvgIpc) is 0. The molecule has 0 aliphatic rings. The first-order chi connectivity index (χ1) is 0. The molecule has 0 atom stereocenters. The molecule has 0 aromatic rings. The third-order valence-electron chi connectivity index (χ3n) is 0. The van der Waals surface area contributed by atoms with Gasteiger partial charge in [-0.25, -0.2) is 0 Å². The number of hydrogen-bond acceptors (Lipinski definition) is 0. The summed E-state index contributed by atoms with van der Waals surface area (Å²) in [6.07, 6.45) is 0. The summed E-state index contributed by atoms with van der Waals surface area (Å²) in [6.45, 7) is 0. The maximum absolute atomic E-state index is 0. The van der Waals surface area contributed by atoms with Gasteiger partial charge in [0.15, 0.2) is 0 Å². The molecule has 4 radical (unpaired) electrons. The van der Waals surface area contributed by atoms with Gasteiger partial charge in [0.1, 0.15) is 0 Å². The zero-order valence-electron chi connectivity index (χ0n) is 2.41. The molecule has 4 heavy (non-hydrogen) atoms. The van der Waals surface area contributed by atoms with Crippen molar-refractivity contribution in [1.29, 1.82) is 0 Å². The quantitative estimate of drug-likeness (QED) is 0.432. The second kappa shape index (κ2) is 18.1. The minimum absolute atomic E-state index is 0. The van der Waals surface area contributed by atoms with E-state index in [0.29, 0.717) is 0 Å². The molecule has 4 heteroatoms. The van der Waals surface area contributed by atoms with Gasteiger partial charge in [-0.1, -0.05) is 0 Å². The standard InChI is InChI=1S/Pb.2H2S.Sn.4H/h;2*1H2;;;;;. The molecule has 0 aliphatic heterocycles. The van der Waals surface area contributed by atoms with Crippen molar-refractivity contribution in [1.82, 2.24) is 0 Å². The van der Waals surface area contributed by atoms with Crippen LogP contribution in [0.1, 0.15) is 0 Å². The van der Waals surface area contributed by atoms with Gasteiger partial charge in [-0.15, -0.1) is 0 Å². The van der Waals surface area contributed by atoms with Crippen LogP contribution in [0, 0.1) is 0 Å². The Morgan fingerprint density at radius 3 is 0.750 bits per heavy atom. The molecule has 0 nitrogen and oxygen atoms in total. The Balaban J connectivity index is 0. The molecular formula is H8PbS2Sn. The molecule has 0 saturated heterocycles. The van der Waals surface area contributed by atoms with Gasteiger partial charge in [0, 0.05) is 0 Å². The monoisotopic (exact) mass is 400 g/mol. The van der Waals surface area contributed by atoms with E-state index in [1.54, 1.807) is 0 Å². The van der Waals surface area contributed by atoms with Crippen LogP contribution in [0.2, 0.25) is 0 Å². The Morgan fingerprint density at radius 2 is 0.750 bits per heavy atom. The summed E-state index contributed by atoms with van der Waals surface area (Å²) >= 11 is 0. The Labute approximate surface area is 77.1 Å². The molecule has 0 heterocycles. The van der Waals surface area contributed by atoms with Crippen molar-refractivity contribution >= 4 is 78.2 Å². The average molecular weight is 398 g/mol. The van der Waals surface area contributed by atoms with E-state index in [-0.39, 0.29) is 78.2 Å².